The van der Waals surface area contributed by atoms with Crippen LogP contribution in [0.25, 0.3) is 0 Å². The van der Waals surface area contributed by atoms with Gasteiger partial charge in [-0.25, -0.2) is 0 Å². The van der Waals surface area contributed by atoms with Crippen molar-refractivity contribution < 1.29 is 19.1 Å². The van der Waals surface area contributed by atoms with Crippen LogP contribution in [0.4, 0.5) is 0 Å². The molecule has 0 aliphatic rings. The number of hydrogen-bond acceptors (Lipinski definition) is 4. The van der Waals surface area contributed by atoms with E-state index in [4.69, 9.17) is 9.47 Å². The molecule has 0 saturated carbocycles. The van der Waals surface area contributed by atoms with Gasteiger partial charge < -0.3 is 14.8 Å². The molecule has 0 heterocycles. The highest BCUT2D eigenvalue weighted by molar-refractivity contribution is 5.73. The van der Waals surface area contributed by atoms with Crippen molar-refractivity contribution in [1.29, 1.82) is 0 Å². The van der Waals surface area contributed by atoms with Crippen molar-refractivity contribution >= 4 is 11.9 Å². The number of rotatable bonds is 18. The molecule has 0 aromatic carbocycles. The normalized spacial score (nSPS) is 13.4. The molecule has 0 aliphatic heterocycles. The topological polar surface area (TPSA) is 64.6 Å². The number of carbonyl (C=O) groups is 2. The number of nitrogens with one attached hydrogen (secondary N) is 1. The molecule has 5 heteroatoms. The fraction of sp³-hybridized carbons (Fsp3) is 0.826. The zero-order valence-corrected chi connectivity index (χ0v) is 18.6. The third-order valence-electron chi connectivity index (χ3n) is 4.81. The summed E-state index contributed by atoms with van der Waals surface area (Å²) < 4.78 is 10.5. The van der Waals surface area contributed by atoms with Gasteiger partial charge in [-0.3, -0.25) is 9.59 Å². The highest BCUT2D eigenvalue weighted by Gasteiger charge is 2.10. The summed E-state index contributed by atoms with van der Waals surface area (Å²) in [5.74, 6) is -0.505. The lowest BCUT2D eigenvalue weighted by Gasteiger charge is -2.16. The summed E-state index contributed by atoms with van der Waals surface area (Å²) in [7, 11) is 1.70. The molecule has 0 spiro atoms. The van der Waals surface area contributed by atoms with Gasteiger partial charge in [0, 0.05) is 21.0 Å². The Morgan fingerprint density at radius 1 is 0.857 bits per heavy atom. The maximum atomic E-state index is 11.3. The van der Waals surface area contributed by atoms with Crippen LogP contribution in [0.3, 0.4) is 0 Å². The van der Waals surface area contributed by atoms with Crippen LogP contribution in [-0.4, -0.2) is 37.7 Å². The van der Waals surface area contributed by atoms with Crippen molar-refractivity contribution in [3.05, 3.63) is 12.2 Å². The second-order valence-corrected chi connectivity index (χ2v) is 7.59. The van der Waals surface area contributed by atoms with Crippen molar-refractivity contribution in [3.63, 3.8) is 0 Å². The van der Waals surface area contributed by atoms with Gasteiger partial charge in [0.1, 0.15) is 6.61 Å². The lowest BCUT2D eigenvalue weighted by Crippen LogP contribution is -2.36. The van der Waals surface area contributed by atoms with Crippen molar-refractivity contribution in [2.24, 2.45) is 0 Å². The first-order chi connectivity index (χ1) is 13.5. The fourth-order valence-electron chi connectivity index (χ4n) is 3.17. The van der Waals surface area contributed by atoms with Gasteiger partial charge >= 0.3 is 5.97 Å². The molecular formula is C23H43NO4. The van der Waals surface area contributed by atoms with E-state index < -0.39 is 0 Å². The zero-order valence-electron chi connectivity index (χ0n) is 18.6. The molecule has 0 bridgehead atoms. The number of ether oxygens (including phenoxy) is 2. The van der Waals surface area contributed by atoms with Gasteiger partial charge in [-0.2, -0.15) is 0 Å². The van der Waals surface area contributed by atoms with Gasteiger partial charge in [0.15, 0.2) is 0 Å². The molecule has 164 valence electrons. The van der Waals surface area contributed by atoms with Crippen LogP contribution in [0.1, 0.15) is 97.8 Å². The van der Waals surface area contributed by atoms with Crippen molar-refractivity contribution in [1.82, 2.24) is 5.32 Å². The number of hydrogen-bond donors (Lipinski definition) is 1. The average molecular weight is 398 g/mol. The van der Waals surface area contributed by atoms with Gasteiger partial charge in [-0.1, -0.05) is 89.7 Å². The molecule has 0 unspecified atom stereocenters. The van der Waals surface area contributed by atoms with Crippen LogP contribution in [0.15, 0.2) is 12.2 Å². The molecule has 0 radical (unpaired) electrons. The predicted octanol–water partition coefficient (Wildman–Crippen LogP) is 5.33. The van der Waals surface area contributed by atoms with E-state index in [0.717, 1.165) is 12.8 Å². The molecule has 1 N–H and O–H groups in total. The minimum absolute atomic E-state index is 0.0205. The summed E-state index contributed by atoms with van der Waals surface area (Å²) >= 11 is 0. The Balaban J connectivity index is 3.91. The van der Waals surface area contributed by atoms with Gasteiger partial charge in [0.05, 0.1) is 12.1 Å². The Morgan fingerprint density at radius 2 is 1.39 bits per heavy atom. The van der Waals surface area contributed by atoms with E-state index >= 15 is 0 Å². The number of methoxy groups -OCH3 is 1. The molecule has 0 rings (SSSR count). The lowest BCUT2D eigenvalue weighted by atomic mass is 10.0. The van der Waals surface area contributed by atoms with E-state index in [1.165, 1.54) is 78.1 Å². The summed E-state index contributed by atoms with van der Waals surface area (Å²) in [6.07, 6.45) is 19.4. The summed E-state index contributed by atoms with van der Waals surface area (Å²) in [6, 6.07) is -0.323. The van der Waals surface area contributed by atoms with Crippen molar-refractivity contribution in [2.45, 2.75) is 110 Å². The Morgan fingerprint density at radius 3 is 1.86 bits per heavy atom. The van der Waals surface area contributed by atoms with Crippen LogP contribution in [0, 0.1) is 0 Å². The summed E-state index contributed by atoms with van der Waals surface area (Å²) in [4.78, 5) is 22.3. The zero-order chi connectivity index (χ0) is 21.0. The Hall–Kier alpha value is -1.36. The van der Waals surface area contributed by atoms with E-state index in [1.807, 2.05) is 12.2 Å². The molecule has 1 amide bonds. The number of esters is 1. The van der Waals surface area contributed by atoms with Gasteiger partial charge in [0.25, 0.3) is 0 Å². The Labute approximate surface area is 172 Å². The Kier molecular flexibility index (Phi) is 18.1. The molecule has 2 atom stereocenters. The molecule has 0 aliphatic carbocycles. The first kappa shape index (κ1) is 26.6. The van der Waals surface area contributed by atoms with Crippen LogP contribution in [0.2, 0.25) is 0 Å². The summed E-state index contributed by atoms with van der Waals surface area (Å²) in [6.45, 7) is 5.21. The quantitative estimate of drug-likeness (QED) is 0.193. The smallest absolute Gasteiger partial charge is 0.302 e. The second kappa shape index (κ2) is 19.0. The highest BCUT2D eigenvalue weighted by Crippen LogP contribution is 2.13. The lowest BCUT2D eigenvalue weighted by molar-refractivity contribution is -0.141. The minimum atomic E-state index is -0.354. The molecule has 28 heavy (non-hydrogen) atoms. The largest absolute Gasteiger partial charge is 0.463 e. The summed E-state index contributed by atoms with van der Waals surface area (Å²) in [5, 5.41) is 2.77. The first-order valence-electron chi connectivity index (χ1n) is 11.1. The molecular weight excluding hydrogens is 354 g/mol. The number of amides is 1. The third-order valence-corrected chi connectivity index (χ3v) is 4.81. The van der Waals surface area contributed by atoms with Gasteiger partial charge in [-0.05, 0) is 6.42 Å². The van der Waals surface area contributed by atoms with Gasteiger partial charge in [-0.15, -0.1) is 0 Å². The standard InChI is InChI=1S/C23H43NO4/c1-5-6-7-8-9-10-11-12-13-14-15-16-23(27-4)18-17-22(24-20(2)25)19-28-21(3)26/h17-18,22-23H,5-16,19H2,1-4H3,(H,24,25)/b18-17+/t22-,23+/m1/s1. The first-order valence-corrected chi connectivity index (χ1v) is 11.1. The van der Waals surface area contributed by atoms with Crippen molar-refractivity contribution in [2.75, 3.05) is 13.7 Å². The predicted molar refractivity (Wildman–Crippen MR) is 115 cm³/mol. The van der Waals surface area contributed by atoms with Crippen LogP contribution >= 0.6 is 0 Å². The van der Waals surface area contributed by atoms with E-state index in [-0.39, 0.29) is 30.6 Å². The second-order valence-electron chi connectivity index (χ2n) is 7.59. The SMILES string of the molecule is CCCCCCCCCCCCC[C@@H](/C=C/[C@H](COC(C)=O)NC(C)=O)OC. The average Bonchev–Trinajstić information content (AvgIpc) is 2.65. The van der Waals surface area contributed by atoms with E-state index in [0.29, 0.717) is 0 Å². The third kappa shape index (κ3) is 18.0. The maximum Gasteiger partial charge on any atom is 0.302 e. The number of unbranched alkanes of at least 4 members (excludes halogenated alkanes) is 10. The Bertz CT molecular complexity index is 423. The minimum Gasteiger partial charge on any atom is -0.463 e. The maximum absolute atomic E-state index is 11.3. The molecule has 5 nitrogen and oxygen atoms in total. The van der Waals surface area contributed by atoms with E-state index in [9.17, 15) is 9.59 Å². The number of carbonyl (C=O) groups excluding carboxylic acids is 2. The van der Waals surface area contributed by atoms with Crippen LogP contribution < -0.4 is 5.32 Å². The monoisotopic (exact) mass is 397 g/mol. The van der Waals surface area contributed by atoms with Crippen LogP contribution in [0.5, 0.6) is 0 Å². The molecule has 0 saturated heterocycles. The highest BCUT2D eigenvalue weighted by atomic mass is 16.5. The molecule has 0 aromatic rings. The fourth-order valence-corrected chi connectivity index (χ4v) is 3.17. The molecule has 0 aromatic heterocycles. The van der Waals surface area contributed by atoms with Crippen LogP contribution in [-0.2, 0) is 19.1 Å². The van der Waals surface area contributed by atoms with Crippen molar-refractivity contribution in [3.8, 4) is 0 Å². The van der Waals surface area contributed by atoms with E-state index in [1.54, 1.807) is 7.11 Å². The van der Waals surface area contributed by atoms with Gasteiger partial charge in [0.2, 0.25) is 5.91 Å². The molecule has 0 fully saturated rings. The van der Waals surface area contributed by atoms with E-state index in [2.05, 4.69) is 12.2 Å². The summed E-state index contributed by atoms with van der Waals surface area (Å²) in [5.41, 5.74) is 0.